The van der Waals surface area contributed by atoms with Crippen LogP contribution in [0.2, 0.25) is 0 Å². The van der Waals surface area contributed by atoms with Crippen molar-refractivity contribution in [1.82, 2.24) is 25.5 Å². The van der Waals surface area contributed by atoms with Crippen LogP contribution in [0.1, 0.15) is 18.4 Å². The van der Waals surface area contributed by atoms with Crippen molar-refractivity contribution < 1.29 is 9.18 Å². The quantitative estimate of drug-likeness (QED) is 0.626. The van der Waals surface area contributed by atoms with Crippen molar-refractivity contribution in [3.8, 4) is 11.4 Å². The number of aromatic amines is 1. The molecule has 1 aliphatic heterocycles. The number of hydrogen-bond donors (Lipinski definition) is 2. The zero-order valence-corrected chi connectivity index (χ0v) is 17.2. The Labute approximate surface area is 180 Å². The minimum Gasteiger partial charge on any atom is -0.376 e. The van der Waals surface area contributed by atoms with Gasteiger partial charge in [-0.25, -0.2) is 4.39 Å². The molecular formula is C21H24ClFN6O. The van der Waals surface area contributed by atoms with Gasteiger partial charge in [-0.2, -0.15) is 5.21 Å². The average Bonchev–Trinajstić information content (AvgIpc) is 3.29. The van der Waals surface area contributed by atoms with Crippen molar-refractivity contribution in [3.05, 3.63) is 59.9 Å². The first-order chi connectivity index (χ1) is 14.2. The molecule has 0 saturated carbocycles. The molecule has 3 aromatic rings. The van der Waals surface area contributed by atoms with Crippen molar-refractivity contribution in [2.75, 3.05) is 25.0 Å². The van der Waals surface area contributed by atoms with E-state index in [1.165, 1.54) is 12.1 Å². The number of piperidine rings is 1. The standard InChI is InChI=1S/C21H23FN6O.ClH/c22-18-6-4-15(5-7-18)12-16-8-10-28(11-9-16)20(29)14-23-19-3-1-2-17(13-19)21-24-26-27-25-21;/h1-7,13,16,23H,8-12,14H2,(H,24,25,26,27);1H. The van der Waals surface area contributed by atoms with Crippen LogP contribution in [0.25, 0.3) is 11.4 Å². The van der Waals surface area contributed by atoms with Gasteiger partial charge in [-0.15, -0.1) is 22.6 Å². The molecule has 2 N–H and O–H groups in total. The summed E-state index contributed by atoms with van der Waals surface area (Å²) in [5.74, 6) is 0.937. The highest BCUT2D eigenvalue weighted by atomic mass is 35.5. The number of hydrogen-bond acceptors (Lipinski definition) is 5. The molecule has 0 aliphatic carbocycles. The predicted octanol–water partition coefficient (Wildman–Crippen LogP) is 3.32. The Morgan fingerprint density at radius 2 is 1.93 bits per heavy atom. The Bertz CT molecular complexity index is 942. The number of benzene rings is 2. The van der Waals surface area contributed by atoms with E-state index in [9.17, 15) is 9.18 Å². The Morgan fingerprint density at radius 3 is 2.63 bits per heavy atom. The van der Waals surface area contributed by atoms with Crippen LogP contribution in [0.4, 0.5) is 10.1 Å². The molecule has 0 unspecified atom stereocenters. The number of nitrogens with one attached hydrogen (secondary N) is 2. The van der Waals surface area contributed by atoms with Crippen molar-refractivity contribution in [3.63, 3.8) is 0 Å². The van der Waals surface area contributed by atoms with E-state index in [1.807, 2.05) is 41.3 Å². The van der Waals surface area contributed by atoms with Gasteiger partial charge in [-0.3, -0.25) is 4.79 Å². The third-order valence-corrected chi connectivity index (χ3v) is 5.31. The van der Waals surface area contributed by atoms with Gasteiger partial charge in [0, 0.05) is 24.3 Å². The van der Waals surface area contributed by atoms with E-state index in [-0.39, 0.29) is 30.7 Å². The summed E-state index contributed by atoms with van der Waals surface area (Å²) in [5, 5.41) is 17.1. The molecular weight excluding hydrogens is 407 g/mol. The molecule has 1 amide bonds. The first-order valence-corrected chi connectivity index (χ1v) is 9.77. The fraction of sp³-hybridized carbons (Fsp3) is 0.333. The summed E-state index contributed by atoms with van der Waals surface area (Å²) in [6.45, 7) is 1.77. The smallest absolute Gasteiger partial charge is 0.241 e. The molecule has 7 nitrogen and oxygen atoms in total. The maximum atomic E-state index is 13.0. The lowest BCUT2D eigenvalue weighted by molar-refractivity contribution is -0.130. The number of tetrazole rings is 1. The third-order valence-electron chi connectivity index (χ3n) is 5.31. The van der Waals surface area contributed by atoms with Gasteiger partial charge in [0.25, 0.3) is 0 Å². The van der Waals surface area contributed by atoms with E-state index < -0.39 is 0 Å². The van der Waals surface area contributed by atoms with Crippen LogP contribution in [0, 0.1) is 11.7 Å². The van der Waals surface area contributed by atoms with E-state index in [1.54, 1.807) is 0 Å². The number of anilines is 1. The lowest BCUT2D eigenvalue weighted by Gasteiger charge is -2.32. The van der Waals surface area contributed by atoms with Crippen LogP contribution in [0.3, 0.4) is 0 Å². The maximum absolute atomic E-state index is 13.0. The van der Waals surface area contributed by atoms with Crippen molar-refractivity contribution in [2.24, 2.45) is 5.92 Å². The molecule has 0 bridgehead atoms. The summed E-state index contributed by atoms with van der Waals surface area (Å²) in [5.41, 5.74) is 2.82. The second-order valence-electron chi connectivity index (χ2n) is 7.32. The second kappa shape index (κ2) is 10.2. The number of halogens is 2. The molecule has 0 radical (unpaired) electrons. The lowest BCUT2D eigenvalue weighted by Crippen LogP contribution is -2.41. The van der Waals surface area contributed by atoms with Crippen LogP contribution in [0.15, 0.2) is 48.5 Å². The Balaban J connectivity index is 0.00000256. The van der Waals surface area contributed by atoms with Gasteiger partial charge in [0.05, 0.1) is 6.54 Å². The fourth-order valence-corrected chi connectivity index (χ4v) is 3.68. The SMILES string of the molecule is Cl.O=C(CNc1cccc(-c2nn[nH]n2)c1)N1CCC(Cc2ccc(F)cc2)CC1. The van der Waals surface area contributed by atoms with E-state index in [4.69, 9.17) is 0 Å². The molecule has 1 fully saturated rings. The number of rotatable bonds is 6. The molecule has 0 spiro atoms. The Kier molecular flexibility index (Phi) is 7.35. The molecule has 30 heavy (non-hydrogen) atoms. The maximum Gasteiger partial charge on any atom is 0.241 e. The number of carbonyl (C=O) groups is 1. The van der Waals surface area contributed by atoms with Crippen LogP contribution in [-0.2, 0) is 11.2 Å². The van der Waals surface area contributed by atoms with Gasteiger partial charge < -0.3 is 10.2 Å². The highest BCUT2D eigenvalue weighted by molar-refractivity contribution is 5.85. The molecule has 4 rings (SSSR count). The third kappa shape index (κ3) is 5.54. The highest BCUT2D eigenvalue weighted by Crippen LogP contribution is 2.22. The molecule has 0 atom stereocenters. The van der Waals surface area contributed by atoms with E-state index in [0.717, 1.165) is 49.2 Å². The molecule has 2 heterocycles. The first-order valence-electron chi connectivity index (χ1n) is 9.77. The lowest BCUT2D eigenvalue weighted by atomic mass is 9.90. The number of H-pyrrole nitrogens is 1. The van der Waals surface area contributed by atoms with Crippen LogP contribution < -0.4 is 5.32 Å². The van der Waals surface area contributed by atoms with Gasteiger partial charge in [-0.05, 0) is 60.2 Å². The van der Waals surface area contributed by atoms with Crippen molar-refractivity contribution in [1.29, 1.82) is 0 Å². The largest absolute Gasteiger partial charge is 0.376 e. The normalized spacial score (nSPS) is 14.2. The van der Waals surface area contributed by atoms with Crippen LogP contribution >= 0.6 is 12.4 Å². The Morgan fingerprint density at radius 1 is 1.17 bits per heavy atom. The minimum absolute atomic E-state index is 0. The molecule has 1 saturated heterocycles. The predicted molar refractivity (Wildman–Crippen MR) is 115 cm³/mol. The van der Waals surface area contributed by atoms with Crippen molar-refractivity contribution in [2.45, 2.75) is 19.3 Å². The fourth-order valence-electron chi connectivity index (χ4n) is 3.68. The van der Waals surface area contributed by atoms with Gasteiger partial charge >= 0.3 is 0 Å². The zero-order chi connectivity index (χ0) is 20.1. The van der Waals surface area contributed by atoms with Gasteiger partial charge in [0.15, 0.2) is 0 Å². The first kappa shape index (κ1) is 21.7. The highest BCUT2D eigenvalue weighted by Gasteiger charge is 2.22. The number of amides is 1. The zero-order valence-electron chi connectivity index (χ0n) is 16.4. The van der Waals surface area contributed by atoms with Gasteiger partial charge in [-0.1, -0.05) is 24.3 Å². The second-order valence-corrected chi connectivity index (χ2v) is 7.32. The molecule has 1 aromatic heterocycles. The monoisotopic (exact) mass is 430 g/mol. The average molecular weight is 431 g/mol. The number of aromatic nitrogens is 4. The topological polar surface area (TPSA) is 86.8 Å². The molecule has 158 valence electrons. The van der Waals surface area contributed by atoms with Crippen molar-refractivity contribution >= 4 is 24.0 Å². The van der Waals surface area contributed by atoms with Crippen LogP contribution in [-0.4, -0.2) is 51.1 Å². The molecule has 1 aliphatic rings. The summed E-state index contributed by atoms with van der Waals surface area (Å²) < 4.78 is 13.0. The summed E-state index contributed by atoms with van der Waals surface area (Å²) in [7, 11) is 0. The summed E-state index contributed by atoms with van der Waals surface area (Å²) >= 11 is 0. The van der Waals surface area contributed by atoms with E-state index in [2.05, 4.69) is 25.9 Å². The van der Waals surface area contributed by atoms with Gasteiger partial charge in [0.1, 0.15) is 5.82 Å². The van der Waals surface area contributed by atoms with E-state index in [0.29, 0.717) is 11.7 Å². The molecule has 9 heteroatoms. The number of carbonyl (C=O) groups excluding carboxylic acids is 1. The summed E-state index contributed by atoms with van der Waals surface area (Å²) in [6, 6.07) is 14.3. The molecule has 2 aromatic carbocycles. The minimum atomic E-state index is -0.204. The number of nitrogens with zero attached hydrogens (tertiary/aromatic N) is 4. The van der Waals surface area contributed by atoms with Gasteiger partial charge in [0.2, 0.25) is 11.7 Å². The summed E-state index contributed by atoms with van der Waals surface area (Å²) in [6.07, 6.45) is 2.87. The van der Waals surface area contributed by atoms with Crippen LogP contribution in [0.5, 0.6) is 0 Å². The van der Waals surface area contributed by atoms with E-state index >= 15 is 0 Å². The Hall–Kier alpha value is -3.00. The summed E-state index contributed by atoms with van der Waals surface area (Å²) in [4.78, 5) is 14.5. The number of likely N-dealkylation sites (tertiary alicyclic amines) is 1.